The van der Waals surface area contributed by atoms with Crippen LogP contribution in [0.3, 0.4) is 0 Å². The van der Waals surface area contributed by atoms with Gasteiger partial charge in [-0.05, 0) is 25.0 Å². The van der Waals surface area contributed by atoms with Crippen molar-refractivity contribution in [3.63, 3.8) is 0 Å². The van der Waals surface area contributed by atoms with Crippen molar-refractivity contribution in [2.75, 3.05) is 6.61 Å². The van der Waals surface area contributed by atoms with Gasteiger partial charge in [-0.1, -0.05) is 30.3 Å². The standard InChI is InChI=1S/C13H14O2/c1-2-15-12-9-8-11(13(12)14)10-6-4-3-5-7-10/h3-7,9,11H,2,8H2,1H3. The van der Waals surface area contributed by atoms with E-state index in [0.717, 1.165) is 12.0 Å². The molecule has 0 amide bonds. The van der Waals surface area contributed by atoms with E-state index in [1.54, 1.807) is 0 Å². The van der Waals surface area contributed by atoms with Crippen molar-refractivity contribution >= 4 is 5.78 Å². The Hall–Kier alpha value is -1.57. The number of carbonyl (C=O) groups is 1. The first-order valence-corrected chi connectivity index (χ1v) is 5.25. The zero-order valence-corrected chi connectivity index (χ0v) is 8.77. The van der Waals surface area contributed by atoms with Gasteiger partial charge in [0.2, 0.25) is 5.78 Å². The monoisotopic (exact) mass is 202 g/mol. The van der Waals surface area contributed by atoms with Crippen molar-refractivity contribution in [2.24, 2.45) is 0 Å². The summed E-state index contributed by atoms with van der Waals surface area (Å²) in [6, 6.07) is 9.86. The Morgan fingerprint density at radius 3 is 2.73 bits per heavy atom. The number of carbonyl (C=O) groups excluding carboxylic acids is 1. The zero-order valence-electron chi connectivity index (χ0n) is 8.77. The molecule has 1 unspecified atom stereocenters. The molecule has 1 aromatic carbocycles. The number of rotatable bonds is 3. The normalized spacial score (nSPS) is 20.2. The molecular formula is C13H14O2. The van der Waals surface area contributed by atoms with Crippen LogP contribution in [-0.2, 0) is 9.53 Å². The van der Waals surface area contributed by atoms with Crippen molar-refractivity contribution in [3.05, 3.63) is 47.7 Å². The molecule has 0 spiro atoms. The molecule has 78 valence electrons. The van der Waals surface area contributed by atoms with Crippen LogP contribution in [0.25, 0.3) is 0 Å². The molecule has 0 fully saturated rings. The summed E-state index contributed by atoms with van der Waals surface area (Å²) in [6.45, 7) is 2.45. The minimum atomic E-state index is -0.0345. The van der Waals surface area contributed by atoms with Crippen LogP contribution in [0, 0.1) is 0 Å². The number of hydrogen-bond donors (Lipinski definition) is 0. The van der Waals surface area contributed by atoms with Gasteiger partial charge in [0.05, 0.1) is 12.5 Å². The Morgan fingerprint density at radius 2 is 2.07 bits per heavy atom. The second kappa shape index (κ2) is 4.30. The second-order valence-corrected chi connectivity index (χ2v) is 3.56. The third-order valence-corrected chi connectivity index (χ3v) is 2.60. The molecule has 0 bridgehead atoms. The summed E-state index contributed by atoms with van der Waals surface area (Å²) in [5, 5.41) is 0. The molecule has 0 saturated heterocycles. The molecule has 1 aliphatic rings. The maximum atomic E-state index is 11.9. The molecule has 0 heterocycles. The number of benzene rings is 1. The third kappa shape index (κ3) is 1.94. The summed E-state index contributed by atoms with van der Waals surface area (Å²) in [5.41, 5.74) is 1.08. The molecule has 0 aromatic heterocycles. The number of allylic oxidation sites excluding steroid dienone is 2. The van der Waals surface area contributed by atoms with E-state index in [9.17, 15) is 4.79 Å². The molecule has 0 saturated carbocycles. The number of Topliss-reactive ketones (excluding diaryl/α,β-unsaturated/α-hetero) is 1. The van der Waals surface area contributed by atoms with Gasteiger partial charge in [-0.25, -0.2) is 0 Å². The van der Waals surface area contributed by atoms with Crippen LogP contribution in [-0.4, -0.2) is 12.4 Å². The van der Waals surface area contributed by atoms with E-state index in [1.807, 2.05) is 43.3 Å². The van der Waals surface area contributed by atoms with E-state index in [4.69, 9.17) is 4.74 Å². The van der Waals surface area contributed by atoms with Gasteiger partial charge >= 0.3 is 0 Å². The van der Waals surface area contributed by atoms with Crippen LogP contribution in [0.15, 0.2) is 42.2 Å². The highest BCUT2D eigenvalue weighted by molar-refractivity contribution is 6.01. The van der Waals surface area contributed by atoms with Crippen LogP contribution in [0.5, 0.6) is 0 Å². The lowest BCUT2D eigenvalue weighted by molar-refractivity contribution is -0.119. The SMILES string of the molecule is CCOC1=CCC(c2ccccc2)C1=O. The fourth-order valence-corrected chi connectivity index (χ4v) is 1.86. The third-order valence-electron chi connectivity index (χ3n) is 2.60. The topological polar surface area (TPSA) is 26.3 Å². The van der Waals surface area contributed by atoms with Crippen molar-refractivity contribution in [1.82, 2.24) is 0 Å². The maximum absolute atomic E-state index is 11.9. The van der Waals surface area contributed by atoms with Crippen LogP contribution < -0.4 is 0 Å². The molecule has 0 aliphatic heterocycles. The zero-order chi connectivity index (χ0) is 10.7. The largest absolute Gasteiger partial charge is 0.490 e. The maximum Gasteiger partial charge on any atom is 0.204 e. The van der Waals surface area contributed by atoms with E-state index in [-0.39, 0.29) is 11.7 Å². The minimum Gasteiger partial charge on any atom is -0.490 e. The highest BCUT2D eigenvalue weighted by Crippen LogP contribution is 2.30. The average Bonchev–Trinajstić information content (AvgIpc) is 2.63. The lowest BCUT2D eigenvalue weighted by atomic mass is 9.96. The second-order valence-electron chi connectivity index (χ2n) is 3.56. The first-order chi connectivity index (χ1) is 7.33. The Bertz CT molecular complexity index is 379. The van der Waals surface area contributed by atoms with E-state index < -0.39 is 0 Å². The molecule has 0 radical (unpaired) electrons. The quantitative estimate of drug-likeness (QED) is 0.753. The highest BCUT2D eigenvalue weighted by Gasteiger charge is 2.29. The van der Waals surface area contributed by atoms with Crippen molar-refractivity contribution < 1.29 is 9.53 Å². The summed E-state index contributed by atoms with van der Waals surface area (Å²) in [4.78, 5) is 11.9. The van der Waals surface area contributed by atoms with Crippen LogP contribution >= 0.6 is 0 Å². The predicted octanol–water partition coefficient (Wildman–Crippen LogP) is 2.66. The number of hydrogen-bond acceptors (Lipinski definition) is 2. The molecule has 2 rings (SSSR count). The summed E-state index contributed by atoms with van der Waals surface area (Å²) in [7, 11) is 0. The minimum absolute atomic E-state index is 0.0345. The molecular weight excluding hydrogens is 188 g/mol. The lowest BCUT2D eigenvalue weighted by Gasteiger charge is -2.09. The number of ketones is 1. The summed E-state index contributed by atoms with van der Waals surface area (Å²) in [6.07, 6.45) is 2.65. The van der Waals surface area contributed by atoms with Gasteiger partial charge in [0.15, 0.2) is 5.76 Å². The molecule has 2 heteroatoms. The first kappa shape index (κ1) is 9.97. The van der Waals surface area contributed by atoms with Gasteiger partial charge in [-0.2, -0.15) is 0 Å². The van der Waals surface area contributed by atoms with Crippen molar-refractivity contribution in [3.8, 4) is 0 Å². The average molecular weight is 202 g/mol. The van der Waals surface area contributed by atoms with Gasteiger partial charge in [-0.3, -0.25) is 4.79 Å². The van der Waals surface area contributed by atoms with E-state index >= 15 is 0 Å². The predicted molar refractivity (Wildman–Crippen MR) is 58.5 cm³/mol. The first-order valence-electron chi connectivity index (χ1n) is 5.25. The van der Waals surface area contributed by atoms with Gasteiger partial charge in [-0.15, -0.1) is 0 Å². The molecule has 1 aromatic rings. The molecule has 15 heavy (non-hydrogen) atoms. The smallest absolute Gasteiger partial charge is 0.204 e. The molecule has 1 aliphatic carbocycles. The summed E-state index contributed by atoms with van der Waals surface area (Å²) in [5.74, 6) is 0.613. The van der Waals surface area contributed by atoms with E-state index in [0.29, 0.717) is 12.4 Å². The van der Waals surface area contributed by atoms with Crippen molar-refractivity contribution in [1.29, 1.82) is 0 Å². The van der Waals surface area contributed by atoms with Gasteiger partial charge in [0.1, 0.15) is 0 Å². The summed E-state index contributed by atoms with van der Waals surface area (Å²) >= 11 is 0. The van der Waals surface area contributed by atoms with Crippen LogP contribution in [0.1, 0.15) is 24.8 Å². The highest BCUT2D eigenvalue weighted by atomic mass is 16.5. The van der Waals surface area contributed by atoms with Crippen LogP contribution in [0.2, 0.25) is 0 Å². The number of ether oxygens (including phenoxy) is 1. The molecule has 0 N–H and O–H groups in total. The Morgan fingerprint density at radius 1 is 1.33 bits per heavy atom. The van der Waals surface area contributed by atoms with E-state index in [1.165, 1.54) is 0 Å². The molecule has 2 nitrogen and oxygen atoms in total. The van der Waals surface area contributed by atoms with E-state index in [2.05, 4.69) is 0 Å². The Balaban J connectivity index is 2.14. The van der Waals surface area contributed by atoms with Crippen LogP contribution in [0.4, 0.5) is 0 Å². The fraction of sp³-hybridized carbons (Fsp3) is 0.308. The Kier molecular flexibility index (Phi) is 2.86. The fourth-order valence-electron chi connectivity index (χ4n) is 1.86. The lowest BCUT2D eigenvalue weighted by Crippen LogP contribution is -2.10. The molecule has 1 atom stereocenters. The van der Waals surface area contributed by atoms with Gasteiger partial charge in [0, 0.05) is 0 Å². The van der Waals surface area contributed by atoms with Crippen molar-refractivity contribution in [2.45, 2.75) is 19.3 Å². The van der Waals surface area contributed by atoms with Gasteiger partial charge < -0.3 is 4.74 Å². The Labute approximate surface area is 89.6 Å². The van der Waals surface area contributed by atoms with Gasteiger partial charge in [0.25, 0.3) is 0 Å². The summed E-state index contributed by atoms with van der Waals surface area (Å²) < 4.78 is 5.28.